The number of carbonyl (C=O) groups is 2. The maximum Gasteiger partial charge on any atom is 0.337 e. The van der Waals surface area contributed by atoms with E-state index in [1.165, 1.54) is 7.11 Å². The van der Waals surface area contributed by atoms with Crippen LogP contribution in [0.5, 0.6) is 11.5 Å². The molecule has 0 saturated heterocycles. The smallest absolute Gasteiger partial charge is 0.337 e. The molecular formula is C18H17NO5. The molecule has 1 aliphatic rings. The molecule has 0 spiro atoms. The highest BCUT2D eigenvalue weighted by Crippen LogP contribution is 2.30. The number of benzene rings is 2. The van der Waals surface area contributed by atoms with Crippen LogP contribution in [0.1, 0.15) is 26.3 Å². The second-order valence-corrected chi connectivity index (χ2v) is 5.23. The van der Waals surface area contributed by atoms with Crippen LogP contribution in [-0.2, 0) is 11.3 Å². The molecule has 6 nitrogen and oxygen atoms in total. The highest BCUT2D eigenvalue weighted by molar-refractivity contribution is 5.96. The van der Waals surface area contributed by atoms with Gasteiger partial charge < -0.3 is 19.5 Å². The summed E-state index contributed by atoms with van der Waals surface area (Å²) in [6.07, 6.45) is 0. The maximum atomic E-state index is 12.2. The topological polar surface area (TPSA) is 73.9 Å². The van der Waals surface area contributed by atoms with Crippen LogP contribution in [0.3, 0.4) is 0 Å². The first-order valence-electron chi connectivity index (χ1n) is 7.52. The van der Waals surface area contributed by atoms with Crippen molar-refractivity contribution in [3.05, 3.63) is 59.2 Å². The van der Waals surface area contributed by atoms with E-state index in [4.69, 9.17) is 9.47 Å². The summed E-state index contributed by atoms with van der Waals surface area (Å²) in [5, 5.41) is 2.83. The van der Waals surface area contributed by atoms with Crippen molar-refractivity contribution in [3.63, 3.8) is 0 Å². The zero-order valence-electron chi connectivity index (χ0n) is 13.2. The molecule has 0 radical (unpaired) electrons. The summed E-state index contributed by atoms with van der Waals surface area (Å²) < 4.78 is 15.6. The number of ether oxygens (including phenoxy) is 3. The van der Waals surface area contributed by atoms with Gasteiger partial charge >= 0.3 is 5.97 Å². The molecule has 1 N–H and O–H groups in total. The molecule has 1 heterocycles. The van der Waals surface area contributed by atoms with E-state index < -0.39 is 5.97 Å². The van der Waals surface area contributed by atoms with Crippen molar-refractivity contribution >= 4 is 11.9 Å². The summed E-state index contributed by atoms with van der Waals surface area (Å²) >= 11 is 0. The molecule has 0 fully saturated rings. The van der Waals surface area contributed by atoms with E-state index in [1.54, 1.807) is 24.3 Å². The number of hydrogen-bond acceptors (Lipinski definition) is 5. The Hall–Kier alpha value is -3.02. The highest BCUT2D eigenvalue weighted by atomic mass is 16.6. The van der Waals surface area contributed by atoms with E-state index in [-0.39, 0.29) is 5.91 Å². The Balaban J connectivity index is 1.62. The molecule has 1 aliphatic heterocycles. The number of rotatable bonds is 4. The average Bonchev–Trinajstić information content (AvgIpc) is 2.65. The van der Waals surface area contributed by atoms with E-state index in [2.05, 4.69) is 10.1 Å². The fourth-order valence-electron chi connectivity index (χ4n) is 2.36. The zero-order valence-corrected chi connectivity index (χ0v) is 13.2. The third-order valence-corrected chi connectivity index (χ3v) is 3.63. The van der Waals surface area contributed by atoms with Gasteiger partial charge in [0.05, 0.1) is 12.7 Å². The van der Waals surface area contributed by atoms with Crippen LogP contribution in [-0.4, -0.2) is 32.2 Å². The van der Waals surface area contributed by atoms with Crippen molar-refractivity contribution in [1.29, 1.82) is 0 Å². The van der Waals surface area contributed by atoms with Gasteiger partial charge in [-0.15, -0.1) is 0 Å². The summed E-state index contributed by atoms with van der Waals surface area (Å²) in [6.45, 7) is 1.44. The first-order chi connectivity index (χ1) is 11.7. The van der Waals surface area contributed by atoms with Gasteiger partial charge in [-0.3, -0.25) is 4.79 Å². The summed E-state index contributed by atoms with van der Waals surface area (Å²) in [6, 6.07) is 11.9. The van der Waals surface area contributed by atoms with E-state index in [0.29, 0.717) is 36.6 Å². The van der Waals surface area contributed by atoms with Crippen molar-refractivity contribution in [3.8, 4) is 11.5 Å². The summed E-state index contributed by atoms with van der Waals surface area (Å²) in [5.74, 6) is 0.754. The Morgan fingerprint density at radius 2 is 1.67 bits per heavy atom. The lowest BCUT2D eigenvalue weighted by Gasteiger charge is -2.19. The third kappa shape index (κ3) is 3.48. The molecular weight excluding hydrogens is 310 g/mol. The minimum absolute atomic E-state index is 0.221. The Morgan fingerprint density at radius 1 is 1.00 bits per heavy atom. The predicted molar refractivity (Wildman–Crippen MR) is 86.4 cm³/mol. The number of esters is 1. The molecule has 0 aromatic heterocycles. The lowest BCUT2D eigenvalue weighted by molar-refractivity contribution is 0.0600. The van der Waals surface area contributed by atoms with E-state index in [1.807, 2.05) is 18.2 Å². The van der Waals surface area contributed by atoms with Gasteiger partial charge in [0.2, 0.25) is 0 Å². The summed E-state index contributed by atoms with van der Waals surface area (Å²) in [4.78, 5) is 23.6. The number of carbonyl (C=O) groups excluding carboxylic acids is 2. The molecule has 0 atom stereocenters. The molecule has 2 aromatic carbocycles. The lowest BCUT2D eigenvalue weighted by atomic mass is 10.1. The molecule has 0 aliphatic carbocycles. The van der Waals surface area contributed by atoms with Crippen molar-refractivity contribution in [2.24, 2.45) is 0 Å². The zero-order chi connectivity index (χ0) is 16.9. The molecule has 1 amide bonds. The monoisotopic (exact) mass is 327 g/mol. The quantitative estimate of drug-likeness (QED) is 0.871. The average molecular weight is 327 g/mol. The van der Waals surface area contributed by atoms with Crippen LogP contribution >= 0.6 is 0 Å². The normalized spacial score (nSPS) is 12.4. The molecule has 0 saturated carbocycles. The van der Waals surface area contributed by atoms with Crippen molar-refractivity contribution in [1.82, 2.24) is 5.32 Å². The third-order valence-electron chi connectivity index (χ3n) is 3.63. The Kier molecular flexibility index (Phi) is 4.65. The standard InChI is InChI=1S/C18H17NO5/c1-22-18(21)14-5-3-13(4-6-14)17(20)19-11-12-2-7-15-16(10-12)24-9-8-23-15/h2-7,10H,8-9,11H2,1H3,(H,19,20). The van der Waals surface area contributed by atoms with Crippen LogP contribution < -0.4 is 14.8 Å². The molecule has 124 valence electrons. The van der Waals surface area contributed by atoms with Crippen LogP contribution in [0.15, 0.2) is 42.5 Å². The number of amides is 1. The van der Waals surface area contributed by atoms with E-state index >= 15 is 0 Å². The minimum atomic E-state index is -0.432. The molecule has 0 bridgehead atoms. The fraction of sp³-hybridized carbons (Fsp3) is 0.222. The van der Waals surface area contributed by atoms with Gasteiger partial charge in [0.1, 0.15) is 13.2 Å². The predicted octanol–water partition coefficient (Wildman–Crippen LogP) is 2.17. The van der Waals surface area contributed by atoms with Gasteiger partial charge in [-0.2, -0.15) is 0 Å². The summed E-state index contributed by atoms with van der Waals surface area (Å²) in [7, 11) is 1.32. The molecule has 6 heteroatoms. The number of hydrogen-bond donors (Lipinski definition) is 1. The molecule has 3 rings (SSSR count). The number of methoxy groups -OCH3 is 1. The molecule has 24 heavy (non-hydrogen) atoms. The van der Waals surface area contributed by atoms with Crippen LogP contribution in [0.25, 0.3) is 0 Å². The lowest BCUT2D eigenvalue weighted by Crippen LogP contribution is -2.23. The first kappa shape index (κ1) is 15.9. The van der Waals surface area contributed by atoms with Gasteiger partial charge in [-0.05, 0) is 42.0 Å². The minimum Gasteiger partial charge on any atom is -0.486 e. The van der Waals surface area contributed by atoms with Gasteiger partial charge in [-0.25, -0.2) is 4.79 Å². The molecule has 2 aromatic rings. The number of fused-ring (bicyclic) bond motifs is 1. The maximum absolute atomic E-state index is 12.2. The van der Waals surface area contributed by atoms with Gasteiger partial charge in [-0.1, -0.05) is 6.07 Å². The van der Waals surface area contributed by atoms with Crippen LogP contribution in [0.2, 0.25) is 0 Å². The Bertz CT molecular complexity index is 755. The van der Waals surface area contributed by atoms with E-state index in [9.17, 15) is 9.59 Å². The first-order valence-corrected chi connectivity index (χ1v) is 7.52. The SMILES string of the molecule is COC(=O)c1ccc(C(=O)NCc2ccc3c(c2)OCCO3)cc1. The number of nitrogens with one attached hydrogen (secondary N) is 1. The second kappa shape index (κ2) is 7.04. The fourth-order valence-corrected chi connectivity index (χ4v) is 2.36. The molecule has 0 unspecified atom stereocenters. The Morgan fingerprint density at radius 3 is 2.38 bits per heavy atom. The van der Waals surface area contributed by atoms with Gasteiger partial charge in [0, 0.05) is 12.1 Å². The van der Waals surface area contributed by atoms with Gasteiger partial charge in [0.25, 0.3) is 5.91 Å². The van der Waals surface area contributed by atoms with Crippen LogP contribution in [0.4, 0.5) is 0 Å². The van der Waals surface area contributed by atoms with Gasteiger partial charge in [0.15, 0.2) is 11.5 Å². The van der Waals surface area contributed by atoms with Crippen molar-refractivity contribution < 1.29 is 23.8 Å². The summed E-state index contributed by atoms with van der Waals surface area (Å²) in [5.41, 5.74) is 1.79. The second-order valence-electron chi connectivity index (χ2n) is 5.23. The van der Waals surface area contributed by atoms with Crippen molar-refractivity contribution in [2.75, 3.05) is 20.3 Å². The van der Waals surface area contributed by atoms with Crippen LogP contribution in [0, 0.1) is 0 Å². The van der Waals surface area contributed by atoms with Crippen molar-refractivity contribution in [2.45, 2.75) is 6.54 Å². The largest absolute Gasteiger partial charge is 0.486 e. The Labute approximate surface area is 139 Å². The van der Waals surface area contributed by atoms with E-state index in [0.717, 1.165) is 11.3 Å². The highest BCUT2D eigenvalue weighted by Gasteiger charge is 2.13.